The van der Waals surface area contributed by atoms with Crippen LogP contribution in [0.1, 0.15) is 71.6 Å². The molecule has 88 valence electrons. The summed E-state index contributed by atoms with van der Waals surface area (Å²) in [6, 6.07) is 0. The van der Waals surface area contributed by atoms with Crippen LogP contribution in [0.25, 0.3) is 0 Å². The van der Waals surface area contributed by atoms with E-state index in [1.165, 1.54) is 50.5 Å². The molecule has 1 nitrogen and oxygen atoms in total. The van der Waals surface area contributed by atoms with E-state index in [1.54, 1.807) is 0 Å². The van der Waals surface area contributed by atoms with Crippen molar-refractivity contribution >= 4 is 0 Å². The van der Waals surface area contributed by atoms with Crippen LogP contribution in [0, 0.1) is 0 Å². The van der Waals surface area contributed by atoms with Gasteiger partial charge in [-0.2, -0.15) is 0 Å². The van der Waals surface area contributed by atoms with Gasteiger partial charge in [0.1, 0.15) is 0 Å². The minimum absolute atomic E-state index is 0.499. The first kappa shape index (κ1) is 12.6. The maximum Gasteiger partial charge on any atom is 0.0978 e. The summed E-state index contributed by atoms with van der Waals surface area (Å²) in [6.07, 6.45) is 14.2. The van der Waals surface area contributed by atoms with Crippen molar-refractivity contribution in [3.63, 3.8) is 0 Å². The van der Waals surface area contributed by atoms with Crippen molar-refractivity contribution in [3.8, 4) is 0 Å². The Labute approximate surface area is 94.9 Å². The summed E-state index contributed by atoms with van der Waals surface area (Å²) in [4.78, 5) is 0. The van der Waals surface area contributed by atoms with E-state index in [4.69, 9.17) is 4.74 Å². The lowest BCUT2D eigenvalue weighted by atomic mass is 9.99. The van der Waals surface area contributed by atoms with E-state index >= 15 is 0 Å². The van der Waals surface area contributed by atoms with E-state index in [9.17, 15) is 0 Å². The van der Waals surface area contributed by atoms with Crippen LogP contribution in [-0.4, -0.2) is 6.10 Å². The Kier molecular flexibility index (Phi) is 6.54. The largest absolute Gasteiger partial charge is 0.498 e. The Morgan fingerprint density at radius 1 is 1.00 bits per heavy atom. The lowest BCUT2D eigenvalue weighted by molar-refractivity contribution is 0.114. The fourth-order valence-electron chi connectivity index (χ4n) is 2.16. The van der Waals surface area contributed by atoms with Gasteiger partial charge in [0.05, 0.1) is 12.4 Å². The van der Waals surface area contributed by atoms with E-state index in [-0.39, 0.29) is 0 Å². The van der Waals surface area contributed by atoms with Crippen LogP contribution in [0.5, 0.6) is 0 Å². The molecule has 1 heteroatoms. The van der Waals surface area contributed by atoms with Crippen LogP contribution in [0.3, 0.4) is 0 Å². The van der Waals surface area contributed by atoms with Crippen molar-refractivity contribution < 1.29 is 4.74 Å². The van der Waals surface area contributed by atoms with Crippen molar-refractivity contribution in [2.24, 2.45) is 0 Å². The molecule has 1 aliphatic carbocycles. The number of hydrogen-bond acceptors (Lipinski definition) is 1. The number of hydrogen-bond donors (Lipinski definition) is 0. The minimum Gasteiger partial charge on any atom is -0.498 e. The van der Waals surface area contributed by atoms with Crippen LogP contribution in [0.2, 0.25) is 0 Å². The van der Waals surface area contributed by atoms with Crippen molar-refractivity contribution in [1.82, 2.24) is 0 Å². The van der Waals surface area contributed by atoms with Crippen LogP contribution in [0.15, 0.2) is 11.8 Å². The maximum atomic E-state index is 5.90. The zero-order valence-corrected chi connectivity index (χ0v) is 10.4. The van der Waals surface area contributed by atoms with Crippen LogP contribution in [-0.2, 0) is 4.74 Å². The average molecular weight is 210 g/mol. The Hall–Kier alpha value is -0.460. The fourth-order valence-corrected chi connectivity index (χ4v) is 2.16. The Balaban J connectivity index is 2.31. The van der Waals surface area contributed by atoms with Gasteiger partial charge in [0.25, 0.3) is 0 Å². The quantitative estimate of drug-likeness (QED) is 0.604. The minimum atomic E-state index is 0.499. The van der Waals surface area contributed by atoms with Crippen molar-refractivity contribution in [3.05, 3.63) is 11.8 Å². The second kappa shape index (κ2) is 7.78. The van der Waals surface area contributed by atoms with Crippen molar-refractivity contribution in [1.29, 1.82) is 0 Å². The van der Waals surface area contributed by atoms with Gasteiger partial charge in [-0.15, -0.1) is 0 Å². The molecule has 0 spiro atoms. The molecular weight excluding hydrogens is 184 g/mol. The first-order valence-electron chi connectivity index (χ1n) is 6.70. The summed E-state index contributed by atoms with van der Waals surface area (Å²) in [5.74, 6) is 0. The van der Waals surface area contributed by atoms with Crippen LogP contribution < -0.4 is 0 Å². The molecule has 0 saturated heterocycles. The van der Waals surface area contributed by atoms with Gasteiger partial charge in [0, 0.05) is 0 Å². The lowest BCUT2D eigenvalue weighted by Crippen LogP contribution is -2.11. The highest BCUT2D eigenvalue weighted by atomic mass is 16.5. The summed E-state index contributed by atoms with van der Waals surface area (Å²) >= 11 is 0. The number of allylic oxidation sites excluding steroid dienone is 1. The molecule has 1 aliphatic rings. The van der Waals surface area contributed by atoms with Gasteiger partial charge < -0.3 is 4.74 Å². The maximum absolute atomic E-state index is 5.90. The third-order valence-corrected chi connectivity index (χ3v) is 3.39. The highest BCUT2D eigenvalue weighted by Crippen LogP contribution is 2.20. The van der Waals surface area contributed by atoms with Crippen LogP contribution >= 0.6 is 0 Å². The monoisotopic (exact) mass is 210 g/mol. The van der Waals surface area contributed by atoms with Crippen molar-refractivity contribution in [2.45, 2.75) is 77.7 Å². The predicted molar refractivity (Wildman–Crippen MR) is 65.9 cm³/mol. The summed E-state index contributed by atoms with van der Waals surface area (Å²) in [5, 5.41) is 0. The summed E-state index contributed by atoms with van der Waals surface area (Å²) in [6.45, 7) is 4.41. The van der Waals surface area contributed by atoms with Gasteiger partial charge in [-0.3, -0.25) is 0 Å². The van der Waals surface area contributed by atoms with Gasteiger partial charge in [-0.25, -0.2) is 0 Å². The summed E-state index contributed by atoms with van der Waals surface area (Å²) < 4.78 is 5.90. The molecule has 0 atom stereocenters. The molecule has 1 rings (SSSR count). The highest BCUT2D eigenvalue weighted by molar-refractivity contribution is 4.95. The molecule has 15 heavy (non-hydrogen) atoms. The van der Waals surface area contributed by atoms with Gasteiger partial charge in [0.2, 0.25) is 0 Å². The molecule has 0 radical (unpaired) electrons. The summed E-state index contributed by atoms with van der Waals surface area (Å²) in [5.41, 5.74) is 1.44. The summed E-state index contributed by atoms with van der Waals surface area (Å²) in [7, 11) is 0. The van der Waals surface area contributed by atoms with Gasteiger partial charge in [-0.1, -0.05) is 33.1 Å². The van der Waals surface area contributed by atoms with E-state index < -0.39 is 0 Å². The third-order valence-electron chi connectivity index (χ3n) is 3.39. The molecule has 1 saturated carbocycles. The zero-order chi connectivity index (χ0) is 10.9. The molecule has 0 N–H and O–H groups in total. The number of ether oxygens (including phenoxy) is 1. The normalized spacial score (nSPS) is 19.1. The molecule has 0 heterocycles. The molecule has 0 unspecified atom stereocenters. The van der Waals surface area contributed by atoms with Gasteiger partial charge >= 0.3 is 0 Å². The smallest absolute Gasteiger partial charge is 0.0978 e. The first-order valence-corrected chi connectivity index (χ1v) is 6.70. The van der Waals surface area contributed by atoms with E-state index in [0.717, 1.165) is 12.8 Å². The van der Waals surface area contributed by atoms with E-state index in [0.29, 0.717) is 6.10 Å². The van der Waals surface area contributed by atoms with Crippen LogP contribution in [0.4, 0.5) is 0 Å². The molecule has 0 bridgehead atoms. The first-order chi connectivity index (χ1) is 7.36. The van der Waals surface area contributed by atoms with Gasteiger partial charge in [0.15, 0.2) is 0 Å². The van der Waals surface area contributed by atoms with Gasteiger partial charge in [-0.05, 0) is 44.1 Å². The number of rotatable bonds is 4. The molecule has 0 amide bonds. The standard InChI is InChI=1S/C14H26O/c1-3-13(4-2)12-15-14-10-8-6-5-7-9-11-14/h12,14H,3-11H2,1-2H3. The molecule has 0 aromatic heterocycles. The molecular formula is C14H26O. The second-order valence-corrected chi connectivity index (χ2v) is 4.59. The highest BCUT2D eigenvalue weighted by Gasteiger charge is 2.10. The fraction of sp³-hybridized carbons (Fsp3) is 0.857. The topological polar surface area (TPSA) is 9.23 Å². The lowest BCUT2D eigenvalue weighted by Gasteiger charge is -2.19. The van der Waals surface area contributed by atoms with E-state index in [1.807, 2.05) is 6.26 Å². The Bertz CT molecular complexity index is 170. The van der Waals surface area contributed by atoms with Crippen molar-refractivity contribution in [2.75, 3.05) is 0 Å². The Morgan fingerprint density at radius 3 is 2.07 bits per heavy atom. The SMILES string of the molecule is CCC(=COC1CCCCCCC1)CC. The molecule has 1 fully saturated rings. The predicted octanol–water partition coefficient (Wildman–Crippen LogP) is 4.82. The molecule has 0 aromatic carbocycles. The third kappa shape index (κ3) is 5.25. The average Bonchev–Trinajstić information content (AvgIpc) is 2.21. The molecule has 0 aromatic rings. The molecule has 0 aliphatic heterocycles. The zero-order valence-electron chi connectivity index (χ0n) is 10.4. The second-order valence-electron chi connectivity index (χ2n) is 4.59. The Morgan fingerprint density at radius 2 is 1.53 bits per heavy atom. The van der Waals surface area contributed by atoms with E-state index in [2.05, 4.69) is 13.8 Å².